The lowest BCUT2D eigenvalue weighted by atomic mass is 10.1. The fourth-order valence-electron chi connectivity index (χ4n) is 2.96. The van der Waals surface area contributed by atoms with E-state index in [2.05, 4.69) is 15.0 Å². The maximum atomic E-state index is 11.7. The van der Waals surface area contributed by atoms with Crippen molar-refractivity contribution < 1.29 is 33.3 Å². The van der Waals surface area contributed by atoms with Gasteiger partial charge in [0.25, 0.3) is 0 Å². The first-order valence-electron chi connectivity index (χ1n) is 8.36. The first-order chi connectivity index (χ1) is 13.7. The van der Waals surface area contributed by atoms with Gasteiger partial charge in [0.1, 0.15) is 18.2 Å². The molecule has 0 amide bonds. The van der Waals surface area contributed by atoms with Gasteiger partial charge in [-0.25, -0.2) is 9.97 Å². The third-order valence-corrected chi connectivity index (χ3v) is 4.40. The maximum Gasteiger partial charge on any atom is 0.303 e. The molecule has 1 aliphatic rings. The zero-order valence-corrected chi connectivity index (χ0v) is 17.0. The minimum absolute atomic E-state index is 0.0220. The van der Waals surface area contributed by atoms with Gasteiger partial charge in [0.15, 0.2) is 29.2 Å². The van der Waals surface area contributed by atoms with Crippen molar-refractivity contribution >= 4 is 52.3 Å². The van der Waals surface area contributed by atoms with E-state index in [1.54, 1.807) is 0 Å². The van der Waals surface area contributed by atoms with Crippen LogP contribution in [0.3, 0.4) is 0 Å². The molecule has 1 aliphatic heterocycles. The standard InChI is InChI=1S/C16H16Cl2N4O7/c1-6(23)26-4-9-11(27-7(2)24)12(28-8(3)25)15(29-9)22-5-19-10-13(17)20-16(18)21-14(10)22/h5,9,11-12,15H,4H2,1-3H3. The van der Waals surface area contributed by atoms with E-state index < -0.39 is 42.4 Å². The molecule has 0 aromatic carbocycles. The Morgan fingerprint density at radius 1 is 1.07 bits per heavy atom. The summed E-state index contributed by atoms with van der Waals surface area (Å²) in [5.74, 6) is -1.82. The highest BCUT2D eigenvalue weighted by atomic mass is 35.5. The van der Waals surface area contributed by atoms with Crippen LogP contribution in [0.15, 0.2) is 6.33 Å². The van der Waals surface area contributed by atoms with Crippen LogP contribution in [0.4, 0.5) is 0 Å². The number of hydrogen-bond acceptors (Lipinski definition) is 10. The van der Waals surface area contributed by atoms with Crippen LogP contribution in [0, 0.1) is 0 Å². The molecule has 13 heteroatoms. The zero-order chi connectivity index (χ0) is 21.3. The van der Waals surface area contributed by atoms with E-state index in [0.29, 0.717) is 0 Å². The number of esters is 3. The highest BCUT2D eigenvalue weighted by Gasteiger charge is 2.51. The van der Waals surface area contributed by atoms with Gasteiger partial charge in [-0.3, -0.25) is 19.0 Å². The van der Waals surface area contributed by atoms with Crippen molar-refractivity contribution in [1.29, 1.82) is 0 Å². The lowest BCUT2D eigenvalue weighted by Crippen LogP contribution is -2.40. The van der Waals surface area contributed by atoms with E-state index in [-0.39, 0.29) is 28.2 Å². The topological polar surface area (TPSA) is 132 Å². The van der Waals surface area contributed by atoms with Gasteiger partial charge >= 0.3 is 17.9 Å². The van der Waals surface area contributed by atoms with Crippen LogP contribution in [0.2, 0.25) is 10.4 Å². The normalized spacial score (nSPS) is 23.8. The van der Waals surface area contributed by atoms with Gasteiger partial charge in [-0.1, -0.05) is 11.6 Å². The Hall–Kier alpha value is -2.50. The average molecular weight is 447 g/mol. The lowest BCUT2D eigenvalue weighted by molar-refractivity contribution is -0.166. The fourth-order valence-corrected chi connectivity index (χ4v) is 3.38. The smallest absolute Gasteiger partial charge is 0.303 e. The molecule has 0 spiro atoms. The van der Waals surface area contributed by atoms with Crippen molar-refractivity contribution in [2.75, 3.05) is 6.61 Å². The van der Waals surface area contributed by atoms with Gasteiger partial charge in [-0.05, 0) is 11.6 Å². The van der Waals surface area contributed by atoms with Gasteiger partial charge < -0.3 is 18.9 Å². The van der Waals surface area contributed by atoms with E-state index in [1.165, 1.54) is 31.7 Å². The summed E-state index contributed by atoms with van der Waals surface area (Å²) >= 11 is 11.9. The van der Waals surface area contributed by atoms with Crippen molar-refractivity contribution in [2.24, 2.45) is 0 Å². The highest BCUT2D eigenvalue weighted by Crippen LogP contribution is 2.36. The summed E-state index contributed by atoms with van der Waals surface area (Å²) < 4.78 is 23.0. The predicted molar refractivity (Wildman–Crippen MR) is 97.0 cm³/mol. The first-order valence-corrected chi connectivity index (χ1v) is 9.11. The maximum absolute atomic E-state index is 11.7. The average Bonchev–Trinajstić information content (AvgIpc) is 3.15. The molecule has 0 aliphatic carbocycles. The molecule has 0 N–H and O–H groups in total. The molecule has 3 rings (SSSR count). The van der Waals surface area contributed by atoms with E-state index in [0.717, 1.165) is 0 Å². The molecule has 2 aromatic heterocycles. The molecular weight excluding hydrogens is 431 g/mol. The number of fused-ring (bicyclic) bond motifs is 1. The number of carbonyl (C=O) groups is 3. The van der Waals surface area contributed by atoms with Gasteiger partial charge in [0, 0.05) is 20.8 Å². The second kappa shape index (κ2) is 8.47. The number of aromatic nitrogens is 4. The minimum atomic E-state index is -1.08. The number of imidazole rings is 1. The Kier molecular flexibility index (Phi) is 6.20. The predicted octanol–water partition coefficient (Wildman–Crippen LogP) is 1.46. The van der Waals surface area contributed by atoms with Crippen molar-refractivity contribution in [2.45, 2.75) is 45.3 Å². The Bertz CT molecular complexity index is 966. The number of nitrogens with zero attached hydrogens (tertiary/aromatic N) is 4. The van der Waals surface area contributed by atoms with E-state index in [9.17, 15) is 14.4 Å². The summed E-state index contributed by atoms with van der Waals surface area (Å²) in [6.07, 6.45) is -2.71. The van der Waals surface area contributed by atoms with Crippen molar-refractivity contribution in [3.05, 3.63) is 16.8 Å². The third-order valence-electron chi connectivity index (χ3n) is 3.97. The van der Waals surface area contributed by atoms with Crippen LogP contribution in [0.5, 0.6) is 0 Å². The number of rotatable bonds is 5. The Labute approximate surface area is 174 Å². The quantitative estimate of drug-likeness (QED) is 0.287. The number of halogens is 2. The van der Waals surface area contributed by atoms with Crippen molar-refractivity contribution in [3.8, 4) is 0 Å². The van der Waals surface area contributed by atoms with E-state index >= 15 is 0 Å². The first kappa shape index (κ1) is 21.2. The zero-order valence-electron chi connectivity index (χ0n) is 15.5. The monoisotopic (exact) mass is 446 g/mol. The van der Waals surface area contributed by atoms with Gasteiger partial charge in [-0.15, -0.1) is 0 Å². The fraction of sp³-hybridized carbons (Fsp3) is 0.500. The van der Waals surface area contributed by atoms with E-state index in [1.807, 2.05) is 0 Å². The van der Waals surface area contributed by atoms with Crippen LogP contribution < -0.4 is 0 Å². The van der Waals surface area contributed by atoms with Crippen LogP contribution in [0.1, 0.15) is 27.0 Å². The second-order valence-electron chi connectivity index (χ2n) is 6.12. The van der Waals surface area contributed by atoms with Crippen LogP contribution in [0.25, 0.3) is 11.2 Å². The molecule has 1 saturated heterocycles. The molecule has 156 valence electrons. The lowest BCUT2D eigenvalue weighted by Gasteiger charge is -2.23. The molecule has 0 radical (unpaired) electrons. The van der Waals surface area contributed by atoms with Crippen LogP contribution >= 0.6 is 23.2 Å². The summed E-state index contributed by atoms with van der Waals surface area (Å²) in [6.45, 7) is 3.38. The van der Waals surface area contributed by atoms with Gasteiger partial charge in [0.05, 0.1) is 6.33 Å². The molecule has 29 heavy (non-hydrogen) atoms. The number of ether oxygens (including phenoxy) is 4. The van der Waals surface area contributed by atoms with Gasteiger partial charge in [-0.2, -0.15) is 4.98 Å². The number of carbonyl (C=O) groups excluding carboxylic acids is 3. The summed E-state index contributed by atoms with van der Waals surface area (Å²) in [6, 6.07) is 0. The molecule has 4 unspecified atom stereocenters. The van der Waals surface area contributed by atoms with Crippen LogP contribution in [-0.2, 0) is 33.3 Å². The molecule has 3 heterocycles. The summed E-state index contributed by atoms with van der Waals surface area (Å²) in [5, 5.41) is -0.104. The molecule has 2 aromatic rings. The molecule has 4 atom stereocenters. The molecule has 0 bridgehead atoms. The van der Waals surface area contributed by atoms with Crippen molar-refractivity contribution in [3.63, 3.8) is 0 Å². The third kappa shape index (κ3) is 4.57. The van der Waals surface area contributed by atoms with E-state index in [4.69, 9.17) is 42.1 Å². The molecule has 11 nitrogen and oxygen atoms in total. The second-order valence-corrected chi connectivity index (χ2v) is 6.82. The number of hydrogen-bond donors (Lipinski definition) is 0. The minimum Gasteiger partial charge on any atom is -0.463 e. The van der Waals surface area contributed by atoms with Crippen molar-refractivity contribution in [1.82, 2.24) is 19.5 Å². The summed E-state index contributed by atoms with van der Waals surface area (Å²) in [7, 11) is 0. The van der Waals surface area contributed by atoms with Crippen LogP contribution in [-0.4, -0.2) is 62.3 Å². The Balaban J connectivity index is 2.04. The molecular formula is C16H16Cl2N4O7. The van der Waals surface area contributed by atoms with Gasteiger partial charge in [0.2, 0.25) is 5.28 Å². The highest BCUT2D eigenvalue weighted by molar-refractivity contribution is 6.35. The SMILES string of the molecule is CC(=O)OCC1OC(n2cnc3c(Cl)nc(Cl)nc32)C(OC(C)=O)C1OC(C)=O. The summed E-state index contributed by atoms with van der Waals surface area (Å²) in [4.78, 5) is 46.6. The Morgan fingerprint density at radius 2 is 1.72 bits per heavy atom. The summed E-state index contributed by atoms with van der Waals surface area (Å²) in [5.41, 5.74) is 0.459. The Morgan fingerprint density at radius 3 is 2.34 bits per heavy atom. The largest absolute Gasteiger partial charge is 0.463 e. The molecule has 1 fully saturated rings. The molecule has 0 saturated carbocycles.